The number of nitrogens with zero attached hydrogens (tertiary/aromatic N) is 3. The van der Waals surface area contributed by atoms with E-state index in [1.54, 1.807) is 0 Å². The van der Waals surface area contributed by atoms with E-state index in [2.05, 4.69) is 9.97 Å². The number of hydrogen-bond donors (Lipinski definition) is 1. The van der Waals surface area contributed by atoms with Crippen LogP contribution in [0.15, 0.2) is 24.3 Å². The van der Waals surface area contributed by atoms with Gasteiger partial charge < -0.3 is 10.0 Å². The van der Waals surface area contributed by atoms with Crippen molar-refractivity contribution in [1.29, 1.82) is 0 Å². The minimum atomic E-state index is -0.303. The van der Waals surface area contributed by atoms with Gasteiger partial charge in [-0.15, -0.1) is 0 Å². The number of benzene rings is 1. The van der Waals surface area contributed by atoms with Crippen molar-refractivity contribution in [3.63, 3.8) is 0 Å². The number of anilines is 1. The summed E-state index contributed by atoms with van der Waals surface area (Å²) >= 11 is 6.19. The zero-order valence-electron chi connectivity index (χ0n) is 9.88. The molecule has 0 aliphatic carbocycles. The fourth-order valence-electron chi connectivity index (χ4n) is 2.32. The van der Waals surface area contributed by atoms with Crippen molar-refractivity contribution in [2.24, 2.45) is 0 Å². The van der Waals surface area contributed by atoms with Crippen LogP contribution in [-0.4, -0.2) is 34.3 Å². The van der Waals surface area contributed by atoms with Gasteiger partial charge in [0.25, 0.3) is 0 Å². The molecular weight excluding hydrogens is 250 g/mol. The van der Waals surface area contributed by atoms with Crippen molar-refractivity contribution in [2.75, 3.05) is 18.0 Å². The lowest BCUT2D eigenvalue weighted by Gasteiger charge is -2.31. The molecule has 1 fully saturated rings. The highest BCUT2D eigenvalue weighted by Gasteiger charge is 2.21. The minimum Gasteiger partial charge on any atom is -0.391 e. The highest BCUT2D eigenvalue weighted by atomic mass is 35.5. The number of hydrogen-bond acceptors (Lipinski definition) is 4. The molecule has 5 heteroatoms. The van der Waals surface area contributed by atoms with Crippen LogP contribution < -0.4 is 4.90 Å². The molecule has 1 aliphatic heterocycles. The van der Waals surface area contributed by atoms with Crippen molar-refractivity contribution in [2.45, 2.75) is 18.9 Å². The van der Waals surface area contributed by atoms with E-state index in [-0.39, 0.29) is 6.10 Å². The van der Waals surface area contributed by atoms with Gasteiger partial charge in [-0.2, -0.15) is 0 Å². The largest absolute Gasteiger partial charge is 0.391 e. The van der Waals surface area contributed by atoms with E-state index in [0.717, 1.165) is 30.4 Å². The Balaban J connectivity index is 2.02. The summed E-state index contributed by atoms with van der Waals surface area (Å²) in [7, 11) is 0. The molecule has 0 radical (unpaired) electrons. The highest BCUT2D eigenvalue weighted by molar-refractivity contribution is 6.32. The summed E-state index contributed by atoms with van der Waals surface area (Å²) in [5.41, 5.74) is 1.63. The number of β-amino-alcohol motifs (C(OH)–C–C–N with tert-alkyl or cyclic N) is 1. The number of piperidine rings is 1. The molecule has 2 aromatic rings. The Bertz CT molecular complexity index is 575. The summed E-state index contributed by atoms with van der Waals surface area (Å²) in [6.07, 6.45) is 1.49. The van der Waals surface area contributed by atoms with E-state index in [1.165, 1.54) is 0 Å². The lowest BCUT2D eigenvalue weighted by molar-refractivity contribution is 0.154. The van der Waals surface area contributed by atoms with Crippen LogP contribution in [0, 0.1) is 0 Å². The van der Waals surface area contributed by atoms with Crippen LogP contribution >= 0.6 is 11.6 Å². The van der Waals surface area contributed by atoms with Crippen LogP contribution in [0.1, 0.15) is 12.8 Å². The van der Waals surface area contributed by atoms with Crippen molar-refractivity contribution >= 4 is 28.5 Å². The lowest BCUT2D eigenvalue weighted by Crippen LogP contribution is -2.39. The summed E-state index contributed by atoms with van der Waals surface area (Å²) in [5.74, 6) is 0.675. The molecule has 94 valence electrons. The van der Waals surface area contributed by atoms with Crippen LogP contribution in [0.3, 0.4) is 0 Å². The van der Waals surface area contributed by atoms with Crippen molar-refractivity contribution in [3.05, 3.63) is 29.4 Å². The smallest absolute Gasteiger partial charge is 0.172 e. The number of para-hydroxylation sites is 2. The van der Waals surface area contributed by atoms with Gasteiger partial charge in [-0.3, -0.25) is 0 Å². The van der Waals surface area contributed by atoms with Gasteiger partial charge in [0.2, 0.25) is 0 Å². The van der Waals surface area contributed by atoms with Crippen LogP contribution in [-0.2, 0) is 0 Å². The third kappa shape index (κ3) is 2.13. The van der Waals surface area contributed by atoms with Crippen LogP contribution in [0.25, 0.3) is 11.0 Å². The lowest BCUT2D eigenvalue weighted by atomic mass is 10.1. The van der Waals surface area contributed by atoms with E-state index in [9.17, 15) is 5.11 Å². The Labute approximate surface area is 110 Å². The number of halogens is 1. The van der Waals surface area contributed by atoms with Crippen molar-refractivity contribution in [1.82, 2.24) is 9.97 Å². The number of rotatable bonds is 1. The number of aliphatic hydroxyl groups is 1. The molecule has 1 atom stereocenters. The topological polar surface area (TPSA) is 49.2 Å². The average Bonchev–Trinajstić information content (AvgIpc) is 2.38. The first-order valence-corrected chi connectivity index (χ1v) is 6.47. The molecule has 1 unspecified atom stereocenters. The second-order valence-electron chi connectivity index (χ2n) is 4.57. The van der Waals surface area contributed by atoms with Crippen LogP contribution in [0.2, 0.25) is 5.15 Å². The number of aromatic nitrogens is 2. The van der Waals surface area contributed by atoms with Gasteiger partial charge in [0, 0.05) is 13.1 Å². The Morgan fingerprint density at radius 1 is 1.22 bits per heavy atom. The zero-order valence-corrected chi connectivity index (χ0v) is 10.6. The zero-order chi connectivity index (χ0) is 12.5. The fraction of sp³-hybridized carbons (Fsp3) is 0.385. The van der Waals surface area contributed by atoms with E-state index in [4.69, 9.17) is 11.6 Å². The molecule has 3 rings (SSSR count). The summed E-state index contributed by atoms with van der Waals surface area (Å²) < 4.78 is 0. The molecule has 1 N–H and O–H groups in total. The van der Waals surface area contributed by atoms with Gasteiger partial charge in [0.15, 0.2) is 11.0 Å². The normalized spacial score (nSPS) is 20.3. The van der Waals surface area contributed by atoms with Gasteiger partial charge in [-0.05, 0) is 25.0 Å². The molecule has 2 heterocycles. The highest BCUT2D eigenvalue weighted by Crippen LogP contribution is 2.26. The van der Waals surface area contributed by atoms with E-state index >= 15 is 0 Å². The minimum absolute atomic E-state index is 0.303. The third-order valence-electron chi connectivity index (χ3n) is 3.21. The Kier molecular flexibility index (Phi) is 3.06. The van der Waals surface area contributed by atoms with Crippen molar-refractivity contribution in [3.8, 4) is 0 Å². The first kappa shape index (κ1) is 11.7. The predicted octanol–water partition coefficient (Wildman–Crippen LogP) is 2.24. The average molecular weight is 264 g/mol. The molecule has 1 aliphatic rings. The van der Waals surface area contributed by atoms with Crippen molar-refractivity contribution < 1.29 is 5.11 Å². The second kappa shape index (κ2) is 4.71. The Morgan fingerprint density at radius 2 is 1.94 bits per heavy atom. The van der Waals surface area contributed by atoms with Gasteiger partial charge in [0.05, 0.1) is 17.1 Å². The molecular formula is C13H14ClN3O. The van der Waals surface area contributed by atoms with Crippen LogP contribution in [0.5, 0.6) is 0 Å². The molecule has 0 saturated carbocycles. The Hall–Kier alpha value is -1.39. The number of aliphatic hydroxyl groups excluding tert-OH is 1. The monoisotopic (exact) mass is 263 g/mol. The summed E-state index contributed by atoms with van der Waals surface area (Å²) in [6, 6.07) is 7.66. The van der Waals surface area contributed by atoms with E-state index in [0.29, 0.717) is 17.5 Å². The summed E-state index contributed by atoms with van der Waals surface area (Å²) in [4.78, 5) is 10.9. The molecule has 4 nitrogen and oxygen atoms in total. The van der Waals surface area contributed by atoms with Gasteiger partial charge >= 0.3 is 0 Å². The van der Waals surface area contributed by atoms with Gasteiger partial charge in [-0.1, -0.05) is 23.7 Å². The van der Waals surface area contributed by atoms with E-state index in [1.807, 2.05) is 29.2 Å². The molecule has 1 aromatic heterocycles. The third-order valence-corrected chi connectivity index (χ3v) is 3.46. The van der Waals surface area contributed by atoms with E-state index < -0.39 is 0 Å². The quantitative estimate of drug-likeness (QED) is 0.857. The molecule has 1 saturated heterocycles. The molecule has 18 heavy (non-hydrogen) atoms. The maximum absolute atomic E-state index is 9.71. The maximum Gasteiger partial charge on any atom is 0.172 e. The Morgan fingerprint density at radius 3 is 2.67 bits per heavy atom. The summed E-state index contributed by atoms with van der Waals surface area (Å²) in [5, 5.41) is 10.1. The molecule has 1 aromatic carbocycles. The molecule has 0 amide bonds. The van der Waals surface area contributed by atoms with Crippen LogP contribution in [0.4, 0.5) is 5.82 Å². The predicted molar refractivity (Wildman–Crippen MR) is 72.0 cm³/mol. The standard InChI is InChI=1S/C13H14ClN3O/c14-12-13(17-7-3-4-9(18)8-17)16-11-6-2-1-5-10(11)15-12/h1-2,5-6,9,18H,3-4,7-8H2. The first-order valence-electron chi connectivity index (χ1n) is 6.09. The molecule has 0 bridgehead atoms. The summed E-state index contributed by atoms with van der Waals surface area (Å²) in [6.45, 7) is 1.44. The number of fused-ring (bicyclic) bond motifs is 1. The SMILES string of the molecule is OC1CCCN(c2nc3ccccc3nc2Cl)C1. The second-order valence-corrected chi connectivity index (χ2v) is 4.93. The maximum atomic E-state index is 9.71. The van der Waals surface area contributed by atoms with Gasteiger partial charge in [-0.25, -0.2) is 9.97 Å². The molecule has 0 spiro atoms. The van der Waals surface area contributed by atoms with Gasteiger partial charge in [0.1, 0.15) is 0 Å². The fourth-order valence-corrected chi connectivity index (χ4v) is 2.57. The first-order chi connectivity index (χ1) is 8.74.